The highest BCUT2D eigenvalue weighted by Crippen LogP contribution is 2.42. The average Bonchev–Trinajstić information content (AvgIpc) is 2.57. The maximum Gasteiger partial charge on any atom is 0.161 e. The van der Waals surface area contributed by atoms with E-state index in [9.17, 15) is 4.39 Å². The van der Waals surface area contributed by atoms with Crippen molar-refractivity contribution in [1.29, 1.82) is 0 Å². The first-order chi connectivity index (χ1) is 12.3. The number of ether oxygens (including phenoxy) is 3. The molecule has 0 aromatic heterocycles. The van der Waals surface area contributed by atoms with Crippen LogP contribution in [-0.2, 0) is 11.2 Å². The molecule has 0 spiro atoms. The number of piperidine rings is 1. The van der Waals surface area contributed by atoms with Crippen LogP contribution < -0.4 is 9.47 Å². The van der Waals surface area contributed by atoms with Gasteiger partial charge in [0.05, 0.1) is 18.8 Å². The highest BCUT2D eigenvalue weighted by molar-refractivity contribution is 5.49. The van der Waals surface area contributed by atoms with E-state index in [1.165, 1.54) is 18.1 Å². The van der Waals surface area contributed by atoms with Crippen LogP contribution >= 0.6 is 0 Å². The summed E-state index contributed by atoms with van der Waals surface area (Å²) in [6.07, 6.45) is 2.42. The lowest BCUT2D eigenvalue weighted by atomic mass is 9.85. The topological polar surface area (TPSA) is 30.9 Å². The normalized spacial score (nSPS) is 24.5. The first kappa shape index (κ1) is 19.4. The van der Waals surface area contributed by atoms with E-state index in [2.05, 4.69) is 31.7 Å². The lowest BCUT2D eigenvalue weighted by Gasteiger charge is -2.44. The van der Waals surface area contributed by atoms with E-state index >= 15 is 0 Å². The number of hydrogen-bond acceptors (Lipinski definition) is 4. The van der Waals surface area contributed by atoms with Gasteiger partial charge < -0.3 is 14.2 Å². The van der Waals surface area contributed by atoms with Crippen molar-refractivity contribution in [2.24, 2.45) is 0 Å². The molecule has 4 nitrogen and oxygen atoms in total. The molecule has 0 N–H and O–H groups in total. The summed E-state index contributed by atoms with van der Waals surface area (Å²) in [5.74, 6) is 1.34. The predicted molar refractivity (Wildman–Crippen MR) is 101 cm³/mol. The number of fused-ring (bicyclic) bond motifs is 3. The van der Waals surface area contributed by atoms with Crippen LogP contribution in [0.15, 0.2) is 12.1 Å². The maximum absolute atomic E-state index is 13.2. The Morgan fingerprint density at radius 2 is 2.00 bits per heavy atom. The average molecular weight is 365 g/mol. The second kappa shape index (κ2) is 7.73. The Kier molecular flexibility index (Phi) is 5.78. The molecular formula is C21H32FNO3. The van der Waals surface area contributed by atoms with E-state index in [4.69, 9.17) is 14.2 Å². The highest BCUT2D eigenvalue weighted by Gasteiger charge is 2.35. The van der Waals surface area contributed by atoms with Gasteiger partial charge in [-0.25, -0.2) is 4.39 Å². The number of nitrogens with zero attached hydrogens (tertiary/aromatic N) is 1. The zero-order valence-corrected chi connectivity index (χ0v) is 16.7. The van der Waals surface area contributed by atoms with Gasteiger partial charge in [0, 0.05) is 19.1 Å². The van der Waals surface area contributed by atoms with Crippen molar-refractivity contribution in [1.82, 2.24) is 4.90 Å². The number of alkyl halides is 1. The highest BCUT2D eigenvalue weighted by atomic mass is 19.1. The van der Waals surface area contributed by atoms with Gasteiger partial charge in [-0.05, 0) is 70.2 Å². The molecule has 2 heterocycles. The third-order valence-electron chi connectivity index (χ3n) is 5.08. The largest absolute Gasteiger partial charge is 0.493 e. The molecule has 3 unspecified atom stereocenters. The molecule has 3 rings (SSSR count). The summed E-state index contributed by atoms with van der Waals surface area (Å²) in [5.41, 5.74) is 2.51. The van der Waals surface area contributed by atoms with Crippen LogP contribution in [-0.4, -0.2) is 49.6 Å². The molecule has 5 heteroatoms. The van der Waals surface area contributed by atoms with Crippen LogP contribution in [0.1, 0.15) is 57.7 Å². The fourth-order valence-electron chi connectivity index (χ4n) is 4.09. The van der Waals surface area contributed by atoms with Crippen LogP contribution in [0.3, 0.4) is 0 Å². The van der Waals surface area contributed by atoms with Crippen LogP contribution in [0.5, 0.6) is 11.5 Å². The summed E-state index contributed by atoms with van der Waals surface area (Å²) in [6.45, 7) is 9.91. The Morgan fingerprint density at radius 3 is 2.65 bits per heavy atom. The van der Waals surface area contributed by atoms with Crippen molar-refractivity contribution in [3.63, 3.8) is 0 Å². The van der Waals surface area contributed by atoms with Crippen LogP contribution in [0, 0.1) is 0 Å². The van der Waals surface area contributed by atoms with E-state index in [1.807, 2.05) is 6.07 Å². The minimum atomic E-state index is -0.996. The van der Waals surface area contributed by atoms with Gasteiger partial charge in [-0.1, -0.05) is 0 Å². The zero-order chi connectivity index (χ0) is 18.9. The Labute approximate surface area is 156 Å². The summed E-state index contributed by atoms with van der Waals surface area (Å²) in [7, 11) is 1.64. The fraction of sp³-hybridized carbons (Fsp3) is 0.714. The predicted octanol–water partition coefficient (Wildman–Crippen LogP) is 4.31. The van der Waals surface area contributed by atoms with Crippen molar-refractivity contribution >= 4 is 0 Å². The molecule has 0 radical (unpaired) electrons. The zero-order valence-electron chi connectivity index (χ0n) is 16.7. The summed E-state index contributed by atoms with van der Waals surface area (Å²) in [6, 6.07) is 4.54. The number of hydrogen-bond donors (Lipinski definition) is 0. The molecule has 3 atom stereocenters. The van der Waals surface area contributed by atoms with Crippen LogP contribution in [0.25, 0.3) is 0 Å². The molecule has 2 aliphatic heterocycles. The van der Waals surface area contributed by atoms with Crippen molar-refractivity contribution < 1.29 is 18.6 Å². The first-order valence-electron chi connectivity index (χ1n) is 9.66. The second-order valence-electron chi connectivity index (χ2n) is 8.48. The summed E-state index contributed by atoms with van der Waals surface area (Å²) >= 11 is 0. The van der Waals surface area contributed by atoms with Gasteiger partial charge in [-0.2, -0.15) is 0 Å². The molecule has 0 amide bonds. The van der Waals surface area contributed by atoms with Gasteiger partial charge in [0.2, 0.25) is 0 Å². The second-order valence-corrected chi connectivity index (χ2v) is 8.48. The smallest absolute Gasteiger partial charge is 0.161 e. The van der Waals surface area contributed by atoms with E-state index < -0.39 is 6.17 Å². The summed E-state index contributed by atoms with van der Waals surface area (Å²) in [5, 5.41) is 0. The molecule has 146 valence electrons. The molecule has 0 bridgehead atoms. The minimum Gasteiger partial charge on any atom is -0.493 e. The lowest BCUT2D eigenvalue weighted by molar-refractivity contribution is -0.0971. The summed E-state index contributed by atoms with van der Waals surface area (Å²) in [4.78, 5) is 2.53. The number of halogens is 1. The SMILES string of the molecule is COc1cc2c(cc1OCC(C)F)CCN1CC(OC(C)(C)C)CCC21. The van der Waals surface area contributed by atoms with Crippen molar-refractivity contribution in [2.45, 2.75) is 70.9 Å². The maximum atomic E-state index is 13.2. The third kappa shape index (κ3) is 4.49. The van der Waals surface area contributed by atoms with E-state index in [0.29, 0.717) is 23.6 Å². The van der Waals surface area contributed by atoms with Crippen molar-refractivity contribution in [3.8, 4) is 11.5 Å². The molecule has 0 saturated carbocycles. The Bertz CT molecular complexity index is 626. The minimum absolute atomic E-state index is 0.0521. The van der Waals surface area contributed by atoms with Crippen molar-refractivity contribution in [3.05, 3.63) is 23.3 Å². The molecule has 2 aliphatic rings. The number of rotatable bonds is 5. The van der Waals surface area contributed by atoms with Gasteiger partial charge in [0.25, 0.3) is 0 Å². The van der Waals surface area contributed by atoms with Crippen LogP contribution in [0.2, 0.25) is 0 Å². The molecular weight excluding hydrogens is 333 g/mol. The summed E-state index contributed by atoms with van der Waals surface area (Å²) < 4.78 is 30.5. The number of methoxy groups -OCH3 is 1. The van der Waals surface area contributed by atoms with Crippen LogP contribution in [0.4, 0.5) is 4.39 Å². The molecule has 1 saturated heterocycles. The Hall–Kier alpha value is -1.33. The van der Waals surface area contributed by atoms with Gasteiger partial charge in [-0.3, -0.25) is 4.90 Å². The van der Waals surface area contributed by atoms with Crippen molar-refractivity contribution in [2.75, 3.05) is 26.8 Å². The Balaban J connectivity index is 1.77. The van der Waals surface area contributed by atoms with Gasteiger partial charge in [0.15, 0.2) is 11.5 Å². The van der Waals surface area contributed by atoms with E-state index in [-0.39, 0.29) is 12.2 Å². The lowest BCUT2D eigenvalue weighted by Crippen LogP contribution is -2.47. The molecule has 0 aliphatic carbocycles. The molecule has 26 heavy (non-hydrogen) atoms. The monoisotopic (exact) mass is 365 g/mol. The molecule has 1 aromatic carbocycles. The first-order valence-corrected chi connectivity index (χ1v) is 9.66. The van der Waals surface area contributed by atoms with E-state index in [1.54, 1.807) is 7.11 Å². The standard InChI is InChI=1S/C21H32FNO3/c1-14(22)13-25-20-10-15-8-9-23-12-16(26-21(2,3)4)6-7-18(23)17(15)11-19(20)24-5/h10-11,14,16,18H,6-9,12-13H2,1-5H3. The Morgan fingerprint density at radius 1 is 1.23 bits per heavy atom. The quantitative estimate of drug-likeness (QED) is 0.778. The molecule has 1 fully saturated rings. The van der Waals surface area contributed by atoms with Gasteiger partial charge in [-0.15, -0.1) is 0 Å². The van der Waals surface area contributed by atoms with Gasteiger partial charge in [0.1, 0.15) is 12.8 Å². The number of benzene rings is 1. The van der Waals surface area contributed by atoms with Gasteiger partial charge >= 0.3 is 0 Å². The van der Waals surface area contributed by atoms with E-state index in [0.717, 1.165) is 32.4 Å². The fourth-order valence-corrected chi connectivity index (χ4v) is 4.09. The third-order valence-corrected chi connectivity index (χ3v) is 5.08. The molecule has 1 aromatic rings.